The van der Waals surface area contributed by atoms with E-state index in [9.17, 15) is 4.79 Å². The van der Waals surface area contributed by atoms with Gasteiger partial charge in [0.15, 0.2) is 0 Å². The molecule has 1 aliphatic heterocycles. The van der Waals surface area contributed by atoms with Crippen LogP contribution in [0, 0.1) is 12.8 Å². The predicted molar refractivity (Wildman–Crippen MR) is 68.3 cm³/mol. The number of H-pyrrole nitrogens is 1. The lowest BCUT2D eigenvalue weighted by molar-refractivity contribution is 0.346. The molecule has 0 amide bonds. The number of piperidine rings is 1. The Balaban J connectivity index is 2.01. The molecule has 1 aliphatic rings. The Morgan fingerprint density at radius 3 is 3.06 bits per heavy atom. The molecule has 2 unspecified atom stereocenters. The number of hydrogen-bond acceptors (Lipinski definition) is 4. The van der Waals surface area contributed by atoms with Crippen LogP contribution in [0.4, 0.5) is 5.82 Å². The average molecular weight is 236 g/mol. The minimum absolute atomic E-state index is 0.103. The molecule has 1 aromatic rings. The lowest BCUT2D eigenvalue weighted by Gasteiger charge is -2.29. The summed E-state index contributed by atoms with van der Waals surface area (Å²) in [6.45, 7) is 6.09. The Labute approximate surface area is 101 Å². The van der Waals surface area contributed by atoms with Gasteiger partial charge in [-0.2, -0.15) is 0 Å². The summed E-state index contributed by atoms with van der Waals surface area (Å²) in [6, 6.07) is 1.84. The molecular weight excluding hydrogens is 216 g/mol. The smallest absolute Gasteiger partial charge is 0.252 e. The highest BCUT2D eigenvalue weighted by Crippen LogP contribution is 2.16. The van der Waals surface area contributed by atoms with Gasteiger partial charge in [-0.3, -0.25) is 4.79 Å². The van der Waals surface area contributed by atoms with E-state index in [1.807, 2.05) is 0 Å². The van der Waals surface area contributed by atoms with Crippen molar-refractivity contribution < 1.29 is 0 Å². The lowest BCUT2D eigenvalue weighted by atomic mass is 9.93. The second-order valence-electron chi connectivity index (χ2n) is 4.76. The van der Waals surface area contributed by atoms with Crippen LogP contribution >= 0.6 is 0 Å². The van der Waals surface area contributed by atoms with Crippen molar-refractivity contribution in [3.05, 3.63) is 22.2 Å². The lowest BCUT2D eigenvalue weighted by Crippen LogP contribution is -2.39. The van der Waals surface area contributed by atoms with Crippen LogP contribution < -0.4 is 16.2 Å². The minimum Gasteiger partial charge on any atom is -0.367 e. The molecule has 2 atom stereocenters. The molecule has 17 heavy (non-hydrogen) atoms. The van der Waals surface area contributed by atoms with E-state index in [0.717, 1.165) is 13.1 Å². The number of aromatic nitrogens is 2. The van der Waals surface area contributed by atoms with Gasteiger partial charge in [-0.05, 0) is 45.7 Å². The fraction of sp³-hybridized carbons (Fsp3) is 0.667. The number of nitrogens with one attached hydrogen (secondary N) is 3. The average Bonchev–Trinajstić information content (AvgIpc) is 2.28. The SMILES string of the molecule is Cc1nc(NC(C)C2CCCNC2)cc(=O)[nH]1. The van der Waals surface area contributed by atoms with E-state index in [2.05, 4.69) is 27.5 Å². The van der Waals surface area contributed by atoms with Gasteiger partial charge in [0, 0.05) is 12.1 Å². The van der Waals surface area contributed by atoms with Crippen molar-refractivity contribution in [1.82, 2.24) is 15.3 Å². The van der Waals surface area contributed by atoms with Gasteiger partial charge in [0.2, 0.25) is 0 Å². The van der Waals surface area contributed by atoms with E-state index in [0.29, 0.717) is 23.6 Å². The third kappa shape index (κ3) is 3.30. The summed E-state index contributed by atoms with van der Waals surface area (Å²) in [5.74, 6) is 1.92. The summed E-state index contributed by atoms with van der Waals surface area (Å²) in [5.41, 5.74) is -0.103. The van der Waals surface area contributed by atoms with E-state index in [4.69, 9.17) is 0 Å². The highest BCUT2D eigenvalue weighted by Gasteiger charge is 2.19. The highest BCUT2D eigenvalue weighted by molar-refractivity contribution is 5.34. The van der Waals surface area contributed by atoms with E-state index in [1.165, 1.54) is 18.9 Å². The third-order valence-corrected chi connectivity index (χ3v) is 3.28. The second kappa shape index (κ2) is 5.31. The summed E-state index contributed by atoms with van der Waals surface area (Å²) in [7, 11) is 0. The Hall–Kier alpha value is -1.36. The largest absolute Gasteiger partial charge is 0.367 e. The van der Waals surface area contributed by atoms with Crippen molar-refractivity contribution in [2.24, 2.45) is 5.92 Å². The molecule has 3 N–H and O–H groups in total. The topological polar surface area (TPSA) is 69.8 Å². The van der Waals surface area contributed by atoms with Crippen molar-refractivity contribution in [2.45, 2.75) is 32.7 Å². The molecule has 0 spiro atoms. The molecule has 5 nitrogen and oxygen atoms in total. The van der Waals surface area contributed by atoms with Crippen LogP contribution in [0.5, 0.6) is 0 Å². The molecule has 0 aromatic carbocycles. The first kappa shape index (κ1) is 12.1. The molecule has 0 aliphatic carbocycles. The molecule has 2 heterocycles. The van der Waals surface area contributed by atoms with Crippen molar-refractivity contribution in [3.63, 3.8) is 0 Å². The number of aryl methyl sites for hydroxylation is 1. The summed E-state index contributed by atoms with van der Waals surface area (Å²) >= 11 is 0. The molecule has 1 saturated heterocycles. The number of aromatic amines is 1. The molecule has 0 bridgehead atoms. The Morgan fingerprint density at radius 2 is 2.41 bits per heavy atom. The zero-order chi connectivity index (χ0) is 12.3. The summed E-state index contributed by atoms with van der Waals surface area (Å²) in [4.78, 5) is 18.2. The van der Waals surface area contributed by atoms with Crippen LogP contribution in [-0.2, 0) is 0 Å². The van der Waals surface area contributed by atoms with E-state index in [-0.39, 0.29) is 5.56 Å². The first-order valence-corrected chi connectivity index (χ1v) is 6.20. The Kier molecular flexibility index (Phi) is 3.78. The standard InChI is InChI=1S/C12H20N4O/c1-8(10-4-3-5-13-7-10)14-11-6-12(17)16-9(2)15-11/h6,8,10,13H,3-5,7H2,1-2H3,(H2,14,15,16,17). The first-order valence-electron chi connectivity index (χ1n) is 6.20. The number of nitrogens with zero attached hydrogens (tertiary/aromatic N) is 1. The fourth-order valence-corrected chi connectivity index (χ4v) is 2.31. The monoisotopic (exact) mass is 236 g/mol. The molecule has 94 valence electrons. The molecule has 1 fully saturated rings. The van der Waals surface area contributed by atoms with Gasteiger partial charge < -0.3 is 15.6 Å². The maximum atomic E-state index is 11.3. The summed E-state index contributed by atoms with van der Waals surface area (Å²) < 4.78 is 0. The predicted octanol–water partition coefficient (Wildman–Crippen LogP) is 0.878. The van der Waals surface area contributed by atoms with E-state index >= 15 is 0 Å². The first-order chi connectivity index (χ1) is 8.15. The van der Waals surface area contributed by atoms with Crippen molar-refractivity contribution in [2.75, 3.05) is 18.4 Å². The molecule has 1 aromatic heterocycles. The van der Waals surface area contributed by atoms with Crippen LogP contribution in [0.25, 0.3) is 0 Å². The number of rotatable bonds is 3. The van der Waals surface area contributed by atoms with Gasteiger partial charge in [0.25, 0.3) is 5.56 Å². The zero-order valence-electron chi connectivity index (χ0n) is 10.4. The molecule has 5 heteroatoms. The number of hydrogen-bond donors (Lipinski definition) is 3. The second-order valence-corrected chi connectivity index (χ2v) is 4.76. The Morgan fingerprint density at radius 1 is 1.59 bits per heavy atom. The van der Waals surface area contributed by atoms with Crippen LogP contribution in [0.2, 0.25) is 0 Å². The minimum atomic E-state index is -0.103. The van der Waals surface area contributed by atoms with Gasteiger partial charge in [0.05, 0.1) is 0 Å². The summed E-state index contributed by atoms with van der Waals surface area (Å²) in [5, 5.41) is 6.72. The van der Waals surface area contributed by atoms with Crippen LogP contribution in [0.1, 0.15) is 25.6 Å². The summed E-state index contributed by atoms with van der Waals surface area (Å²) in [6.07, 6.45) is 2.45. The van der Waals surface area contributed by atoms with Gasteiger partial charge in [-0.15, -0.1) is 0 Å². The normalized spacial score (nSPS) is 22.1. The molecule has 2 rings (SSSR count). The quantitative estimate of drug-likeness (QED) is 0.728. The van der Waals surface area contributed by atoms with Crippen molar-refractivity contribution >= 4 is 5.82 Å². The van der Waals surface area contributed by atoms with Crippen molar-refractivity contribution in [3.8, 4) is 0 Å². The maximum absolute atomic E-state index is 11.3. The van der Waals surface area contributed by atoms with Gasteiger partial charge >= 0.3 is 0 Å². The van der Waals surface area contributed by atoms with Gasteiger partial charge in [-0.25, -0.2) is 4.98 Å². The van der Waals surface area contributed by atoms with Crippen LogP contribution in [0.15, 0.2) is 10.9 Å². The highest BCUT2D eigenvalue weighted by atomic mass is 16.1. The van der Waals surface area contributed by atoms with E-state index < -0.39 is 0 Å². The van der Waals surface area contributed by atoms with Crippen LogP contribution in [-0.4, -0.2) is 29.1 Å². The third-order valence-electron chi connectivity index (χ3n) is 3.28. The van der Waals surface area contributed by atoms with Crippen LogP contribution in [0.3, 0.4) is 0 Å². The van der Waals surface area contributed by atoms with Crippen molar-refractivity contribution in [1.29, 1.82) is 0 Å². The zero-order valence-corrected chi connectivity index (χ0v) is 10.4. The van der Waals surface area contributed by atoms with Gasteiger partial charge in [0.1, 0.15) is 11.6 Å². The molecule has 0 radical (unpaired) electrons. The fourth-order valence-electron chi connectivity index (χ4n) is 2.31. The number of anilines is 1. The molecular formula is C12H20N4O. The van der Waals surface area contributed by atoms with Gasteiger partial charge in [-0.1, -0.05) is 0 Å². The maximum Gasteiger partial charge on any atom is 0.252 e. The van der Waals surface area contributed by atoms with E-state index in [1.54, 1.807) is 6.92 Å². The molecule has 0 saturated carbocycles. The Bertz CT molecular complexity index is 423.